The standard InChI is InChI=1S/C12H24O5Si/c1-11(2,3)17-12(18(6)7,10(14)16-5)8-9(13)15-4/h18H,8H2,1-7H3. The summed E-state index contributed by atoms with van der Waals surface area (Å²) in [6, 6.07) is 0. The maximum absolute atomic E-state index is 12.1. The lowest BCUT2D eigenvalue weighted by Gasteiger charge is -2.38. The molecule has 0 aromatic carbocycles. The second kappa shape index (κ2) is 6.33. The molecule has 0 spiro atoms. The first kappa shape index (κ1) is 17.1. The predicted molar refractivity (Wildman–Crippen MR) is 71.1 cm³/mol. The van der Waals surface area contributed by atoms with Gasteiger partial charge in [-0.05, 0) is 20.8 Å². The van der Waals surface area contributed by atoms with Crippen LogP contribution in [0.1, 0.15) is 27.2 Å². The Morgan fingerprint density at radius 3 is 1.83 bits per heavy atom. The molecule has 1 unspecified atom stereocenters. The SMILES string of the molecule is COC(=O)CC(OC(C)(C)C)(C(=O)OC)[SiH](C)C. The maximum atomic E-state index is 12.1. The number of esters is 2. The fourth-order valence-electron chi connectivity index (χ4n) is 1.71. The molecule has 0 saturated heterocycles. The highest BCUT2D eigenvalue weighted by Gasteiger charge is 2.49. The van der Waals surface area contributed by atoms with Gasteiger partial charge in [-0.3, -0.25) is 4.79 Å². The van der Waals surface area contributed by atoms with Crippen molar-refractivity contribution >= 4 is 20.7 Å². The van der Waals surface area contributed by atoms with E-state index in [4.69, 9.17) is 9.47 Å². The molecular weight excluding hydrogens is 252 g/mol. The molecular formula is C12H24O5Si. The summed E-state index contributed by atoms with van der Waals surface area (Å²) < 4.78 is 15.4. The van der Waals surface area contributed by atoms with Gasteiger partial charge in [0.25, 0.3) is 0 Å². The lowest BCUT2D eigenvalue weighted by molar-refractivity contribution is -0.178. The Morgan fingerprint density at radius 1 is 1.06 bits per heavy atom. The number of ether oxygens (including phenoxy) is 3. The molecule has 18 heavy (non-hydrogen) atoms. The molecule has 0 aliphatic heterocycles. The molecule has 106 valence electrons. The fourth-order valence-corrected chi connectivity index (χ4v) is 3.47. The fraction of sp³-hybridized carbons (Fsp3) is 0.833. The highest BCUT2D eigenvalue weighted by Crippen LogP contribution is 2.28. The Balaban J connectivity index is 5.43. The first-order valence-corrected chi connectivity index (χ1v) is 8.83. The number of rotatable bonds is 5. The number of hydrogen-bond acceptors (Lipinski definition) is 5. The van der Waals surface area contributed by atoms with Crippen molar-refractivity contribution < 1.29 is 23.8 Å². The molecule has 0 rings (SSSR count). The van der Waals surface area contributed by atoms with E-state index in [1.54, 1.807) is 0 Å². The number of carbonyl (C=O) groups is 2. The van der Waals surface area contributed by atoms with Crippen LogP contribution in [-0.2, 0) is 23.8 Å². The molecule has 0 fully saturated rings. The van der Waals surface area contributed by atoms with Crippen LogP contribution < -0.4 is 0 Å². The van der Waals surface area contributed by atoms with Crippen molar-refractivity contribution in [1.82, 2.24) is 0 Å². The van der Waals surface area contributed by atoms with E-state index in [0.717, 1.165) is 0 Å². The van der Waals surface area contributed by atoms with Crippen molar-refractivity contribution in [2.75, 3.05) is 14.2 Å². The van der Waals surface area contributed by atoms with E-state index in [9.17, 15) is 9.59 Å². The van der Waals surface area contributed by atoms with Crippen LogP contribution in [0.15, 0.2) is 0 Å². The Hall–Kier alpha value is -0.883. The lowest BCUT2D eigenvalue weighted by atomic mass is 10.1. The first-order valence-electron chi connectivity index (χ1n) is 5.94. The Kier molecular flexibility index (Phi) is 6.02. The van der Waals surface area contributed by atoms with Crippen LogP contribution >= 0.6 is 0 Å². The minimum absolute atomic E-state index is 0.0999. The van der Waals surface area contributed by atoms with Gasteiger partial charge in [-0.25, -0.2) is 4.79 Å². The normalized spacial score (nSPS) is 15.1. The van der Waals surface area contributed by atoms with Crippen LogP contribution in [0, 0.1) is 0 Å². The van der Waals surface area contributed by atoms with Crippen molar-refractivity contribution in [1.29, 1.82) is 0 Å². The van der Waals surface area contributed by atoms with Gasteiger partial charge in [0.2, 0.25) is 0 Å². The van der Waals surface area contributed by atoms with E-state index >= 15 is 0 Å². The average molecular weight is 276 g/mol. The van der Waals surface area contributed by atoms with Crippen LogP contribution in [0.2, 0.25) is 13.1 Å². The molecule has 5 nitrogen and oxygen atoms in total. The highest BCUT2D eigenvalue weighted by atomic mass is 28.3. The van der Waals surface area contributed by atoms with Gasteiger partial charge < -0.3 is 14.2 Å². The summed E-state index contributed by atoms with van der Waals surface area (Å²) in [7, 11) is 0.933. The van der Waals surface area contributed by atoms with Gasteiger partial charge in [0.05, 0.1) is 35.0 Å². The molecule has 1 atom stereocenters. The summed E-state index contributed by atoms with van der Waals surface area (Å²) in [4.78, 5) is 23.6. The summed E-state index contributed by atoms with van der Waals surface area (Å²) in [5.41, 5.74) is -0.542. The highest BCUT2D eigenvalue weighted by molar-refractivity contribution is 6.64. The molecule has 0 aliphatic carbocycles. The maximum Gasteiger partial charge on any atom is 0.334 e. The predicted octanol–water partition coefficient (Wildman–Crippen LogP) is 1.30. The summed E-state index contributed by atoms with van der Waals surface area (Å²) in [6.07, 6.45) is -0.0999. The van der Waals surface area contributed by atoms with E-state index in [2.05, 4.69) is 4.74 Å². The van der Waals surface area contributed by atoms with Gasteiger partial charge in [-0.1, -0.05) is 13.1 Å². The van der Waals surface area contributed by atoms with Crippen LogP contribution in [-0.4, -0.2) is 45.8 Å². The zero-order chi connectivity index (χ0) is 14.6. The van der Waals surface area contributed by atoms with E-state index < -0.39 is 31.6 Å². The Bertz CT molecular complexity index is 308. The summed E-state index contributed by atoms with van der Waals surface area (Å²) in [5.74, 6) is -0.963. The smallest absolute Gasteiger partial charge is 0.334 e. The summed E-state index contributed by atoms with van der Waals surface area (Å²) in [6.45, 7) is 9.44. The molecule has 0 aliphatic rings. The number of carbonyl (C=O) groups excluding carboxylic acids is 2. The third kappa shape index (κ3) is 4.42. The number of methoxy groups -OCH3 is 2. The molecule has 0 N–H and O–H groups in total. The van der Waals surface area contributed by atoms with Crippen molar-refractivity contribution in [3.05, 3.63) is 0 Å². The zero-order valence-corrected chi connectivity index (χ0v) is 13.5. The van der Waals surface area contributed by atoms with Crippen LogP contribution in [0.3, 0.4) is 0 Å². The molecule has 0 heterocycles. The third-order valence-electron chi connectivity index (χ3n) is 2.59. The van der Waals surface area contributed by atoms with Crippen molar-refractivity contribution in [3.63, 3.8) is 0 Å². The third-order valence-corrected chi connectivity index (χ3v) is 5.01. The van der Waals surface area contributed by atoms with Gasteiger partial charge in [0, 0.05) is 0 Å². The van der Waals surface area contributed by atoms with E-state index in [-0.39, 0.29) is 6.42 Å². The van der Waals surface area contributed by atoms with Gasteiger partial charge in [0.15, 0.2) is 5.22 Å². The molecule has 0 radical (unpaired) electrons. The summed E-state index contributed by atoms with van der Waals surface area (Å²) in [5, 5.41) is -1.18. The second-order valence-corrected chi connectivity index (χ2v) is 8.75. The van der Waals surface area contributed by atoms with Crippen molar-refractivity contribution in [2.24, 2.45) is 0 Å². The van der Waals surface area contributed by atoms with Gasteiger partial charge in [-0.2, -0.15) is 0 Å². The molecule has 0 aromatic rings. The second-order valence-electron chi connectivity index (χ2n) is 5.50. The van der Waals surface area contributed by atoms with Crippen LogP contribution in [0.4, 0.5) is 0 Å². The topological polar surface area (TPSA) is 61.8 Å². The molecule has 0 bridgehead atoms. The monoisotopic (exact) mass is 276 g/mol. The van der Waals surface area contributed by atoms with Gasteiger partial charge >= 0.3 is 11.9 Å². The Morgan fingerprint density at radius 2 is 1.56 bits per heavy atom. The van der Waals surface area contributed by atoms with Crippen LogP contribution in [0.5, 0.6) is 0 Å². The molecule has 0 saturated carbocycles. The molecule has 0 aromatic heterocycles. The van der Waals surface area contributed by atoms with Crippen molar-refractivity contribution in [3.8, 4) is 0 Å². The first-order chi connectivity index (χ1) is 8.09. The summed E-state index contributed by atoms with van der Waals surface area (Å²) >= 11 is 0. The molecule has 0 amide bonds. The minimum Gasteiger partial charge on any atom is -0.469 e. The van der Waals surface area contributed by atoms with Crippen LogP contribution in [0.25, 0.3) is 0 Å². The quantitative estimate of drug-likeness (QED) is 0.559. The zero-order valence-electron chi connectivity index (χ0n) is 12.3. The minimum atomic E-state index is -1.66. The van der Waals surface area contributed by atoms with Gasteiger partial charge in [0.1, 0.15) is 0 Å². The number of hydrogen-bond donors (Lipinski definition) is 0. The van der Waals surface area contributed by atoms with E-state index in [1.807, 2.05) is 33.9 Å². The largest absolute Gasteiger partial charge is 0.469 e. The van der Waals surface area contributed by atoms with Gasteiger partial charge in [-0.15, -0.1) is 0 Å². The lowest BCUT2D eigenvalue weighted by Crippen LogP contribution is -2.57. The van der Waals surface area contributed by atoms with E-state index in [1.165, 1.54) is 14.2 Å². The van der Waals surface area contributed by atoms with E-state index in [0.29, 0.717) is 0 Å². The average Bonchev–Trinajstić information content (AvgIpc) is 2.24. The molecule has 6 heteroatoms. The van der Waals surface area contributed by atoms with Crippen molar-refractivity contribution in [2.45, 2.75) is 51.1 Å². The Labute approximate surface area is 110 Å².